The van der Waals surface area contributed by atoms with E-state index in [9.17, 15) is 4.79 Å². The van der Waals surface area contributed by atoms with Crippen LogP contribution in [0.4, 0.5) is 11.4 Å². The number of benzene rings is 1. The number of hydrogen-bond acceptors (Lipinski definition) is 5. The average molecular weight is 278 g/mol. The molecule has 1 atom stereocenters. The highest BCUT2D eigenvalue weighted by Gasteiger charge is 2.19. The number of hydrogen-bond donors (Lipinski definition) is 3. The third kappa shape index (κ3) is 3.61. The zero-order valence-electron chi connectivity index (χ0n) is 11.8. The number of nitrogens with two attached hydrogens (primary N) is 2. The molecule has 1 fully saturated rings. The Labute approximate surface area is 119 Å². The number of amides is 1. The first-order chi connectivity index (χ1) is 9.60. The van der Waals surface area contributed by atoms with Gasteiger partial charge in [-0.1, -0.05) is 6.92 Å². The van der Waals surface area contributed by atoms with Crippen LogP contribution in [0.2, 0.25) is 0 Å². The number of nitrogens with zero attached hydrogens (tertiary/aromatic N) is 1. The van der Waals surface area contributed by atoms with E-state index in [1.54, 1.807) is 18.2 Å². The van der Waals surface area contributed by atoms with E-state index in [0.29, 0.717) is 17.8 Å². The molecule has 1 aromatic rings. The quantitative estimate of drug-likeness (QED) is 0.682. The molecule has 20 heavy (non-hydrogen) atoms. The number of ether oxygens (including phenoxy) is 1. The van der Waals surface area contributed by atoms with Crippen LogP contribution in [0, 0.1) is 0 Å². The normalized spacial score (nSPS) is 19.8. The van der Waals surface area contributed by atoms with Crippen LogP contribution in [0.25, 0.3) is 0 Å². The molecule has 1 saturated heterocycles. The fraction of sp³-hybridized carbons (Fsp3) is 0.500. The first-order valence-electron chi connectivity index (χ1n) is 6.87. The lowest BCUT2D eigenvalue weighted by Crippen LogP contribution is -2.45. The predicted molar refractivity (Wildman–Crippen MR) is 79.7 cm³/mol. The van der Waals surface area contributed by atoms with Crippen molar-refractivity contribution in [3.8, 4) is 0 Å². The summed E-state index contributed by atoms with van der Waals surface area (Å²) in [5, 5.41) is 3.24. The molecular weight excluding hydrogens is 256 g/mol. The van der Waals surface area contributed by atoms with Crippen molar-refractivity contribution in [3.05, 3.63) is 23.8 Å². The second kappa shape index (κ2) is 6.58. The number of carbonyl (C=O) groups excluding carboxylic acids is 1. The highest BCUT2D eigenvalue weighted by atomic mass is 16.5. The zero-order chi connectivity index (χ0) is 14.5. The van der Waals surface area contributed by atoms with Gasteiger partial charge in [-0.25, -0.2) is 0 Å². The number of morpholine rings is 1. The Bertz CT molecular complexity index is 478. The first kappa shape index (κ1) is 14.6. The molecule has 0 radical (unpaired) electrons. The highest BCUT2D eigenvalue weighted by Crippen LogP contribution is 2.20. The number of anilines is 2. The summed E-state index contributed by atoms with van der Waals surface area (Å²) in [6, 6.07) is 4.99. The maximum Gasteiger partial charge on any atom is 0.248 e. The largest absolute Gasteiger partial charge is 0.397 e. The van der Waals surface area contributed by atoms with Gasteiger partial charge < -0.3 is 21.5 Å². The molecule has 1 aliphatic heterocycles. The van der Waals surface area contributed by atoms with Crippen molar-refractivity contribution in [1.82, 2.24) is 4.90 Å². The molecular formula is C14H22N4O2. The van der Waals surface area contributed by atoms with Gasteiger partial charge in [-0.2, -0.15) is 0 Å². The van der Waals surface area contributed by atoms with E-state index in [2.05, 4.69) is 17.1 Å². The molecule has 0 aliphatic carbocycles. The maximum atomic E-state index is 11.2. The highest BCUT2D eigenvalue weighted by molar-refractivity contribution is 5.94. The Morgan fingerprint density at radius 3 is 3.05 bits per heavy atom. The van der Waals surface area contributed by atoms with E-state index in [4.69, 9.17) is 16.2 Å². The molecule has 6 heteroatoms. The van der Waals surface area contributed by atoms with Crippen LogP contribution in [0.1, 0.15) is 17.3 Å². The lowest BCUT2D eigenvalue weighted by Gasteiger charge is -2.32. The van der Waals surface area contributed by atoms with Gasteiger partial charge in [-0.05, 0) is 24.7 Å². The minimum absolute atomic E-state index is 0.125. The van der Waals surface area contributed by atoms with Gasteiger partial charge in [0.15, 0.2) is 0 Å². The van der Waals surface area contributed by atoms with E-state index < -0.39 is 5.91 Å². The van der Waals surface area contributed by atoms with Crippen molar-refractivity contribution in [3.63, 3.8) is 0 Å². The van der Waals surface area contributed by atoms with Crippen molar-refractivity contribution < 1.29 is 9.53 Å². The van der Waals surface area contributed by atoms with Gasteiger partial charge in [0, 0.05) is 25.2 Å². The smallest absolute Gasteiger partial charge is 0.248 e. The molecule has 2 rings (SSSR count). The van der Waals surface area contributed by atoms with Crippen molar-refractivity contribution in [2.75, 3.05) is 43.8 Å². The molecule has 0 bridgehead atoms. The summed E-state index contributed by atoms with van der Waals surface area (Å²) in [5.74, 6) is -0.459. The third-order valence-corrected chi connectivity index (χ3v) is 3.53. The number of likely N-dealkylation sites (N-methyl/N-ethyl adjacent to an activating group) is 1. The fourth-order valence-corrected chi connectivity index (χ4v) is 2.28. The topological polar surface area (TPSA) is 93.6 Å². The molecule has 1 aromatic carbocycles. The molecule has 1 aliphatic rings. The second-order valence-electron chi connectivity index (χ2n) is 4.93. The van der Waals surface area contributed by atoms with Gasteiger partial charge in [0.1, 0.15) is 0 Å². The molecule has 0 saturated carbocycles. The van der Waals surface area contributed by atoms with Gasteiger partial charge in [-0.15, -0.1) is 0 Å². The summed E-state index contributed by atoms with van der Waals surface area (Å²) in [6.07, 6.45) is 0.125. The second-order valence-corrected chi connectivity index (χ2v) is 4.93. The summed E-state index contributed by atoms with van der Waals surface area (Å²) >= 11 is 0. The third-order valence-electron chi connectivity index (χ3n) is 3.53. The van der Waals surface area contributed by atoms with Gasteiger partial charge in [0.25, 0.3) is 0 Å². The summed E-state index contributed by atoms with van der Waals surface area (Å²) in [5.41, 5.74) is 12.9. The van der Waals surface area contributed by atoms with Gasteiger partial charge in [-0.3, -0.25) is 9.69 Å². The molecule has 5 N–H and O–H groups in total. The summed E-state index contributed by atoms with van der Waals surface area (Å²) in [7, 11) is 0. The Morgan fingerprint density at radius 1 is 1.55 bits per heavy atom. The molecule has 110 valence electrons. The monoisotopic (exact) mass is 278 g/mol. The fourth-order valence-electron chi connectivity index (χ4n) is 2.28. The Kier molecular flexibility index (Phi) is 4.81. The van der Waals surface area contributed by atoms with Crippen molar-refractivity contribution >= 4 is 17.3 Å². The van der Waals surface area contributed by atoms with E-state index in [1.165, 1.54) is 0 Å². The molecule has 1 heterocycles. The summed E-state index contributed by atoms with van der Waals surface area (Å²) in [4.78, 5) is 13.5. The van der Waals surface area contributed by atoms with Crippen molar-refractivity contribution in [2.24, 2.45) is 5.73 Å². The molecule has 6 nitrogen and oxygen atoms in total. The van der Waals surface area contributed by atoms with Crippen molar-refractivity contribution in [2.45, 2.75) is 13.0 Å². The first-order valence-corrected chi connectivity index (χ1v) is 6.87. The maximum absolute atomic E-state index is 11.2. The summed E-state index contributed by atoms with van der Waals surface area (Å²) in [6.45, 7) is 6.45. The standard InChI is InChI=1S/C14H22N4O2/c1-2-18-5-6-20-11(9-18)8-17-13-7-10(14(16)19)3-4-12(13)15/h3-4,7,11,17H,2,5-6,8-9,15H2,1H3,(H2,16,19). The van der Waals surface area contributed by atoms with Crippen LogP contribution in [0.5, 0.6) is 0 Å². The average Bonchev–Trinajstić information content (AvgIpc) is 2.46. The molecule has 0 spiro atoms. The zero-order valence-corrected chi connectivity index (χ0v) is 11.8. The minimum Gasteiger partial charge on any atom is -0.397 e. The number of rotatable bonds is 5. The lowest BCUT2D eigenvalue weighted by atomic mass is 10.1. The number of primary amides is 1. The van der Waals surface area contributed by atoms with E-state index in [-0.39, 0.29) is 6.10 Å². The number of carbonyl (C=O) groups is 1. The minimum atomic E-state index is -0.459. The molecule has 0 aromatic heterocycles. The molecule has 1 amide bonds. The van der Waals surface area contributed by atoms with E-state index >= 15 is 0 Å². The predicted octanol–water partition coefficient (Wildman–Crippen LogP) is 0.500. The molecule has 1 unspecified atom stereocenters. The van der Waals surface area contributed by atoms with Gasteiger partial charge in [0.05, 0.1) is 24.1 Å². The van der Waals surface area contributed by atoms with Crippen LogP contribution in [0.3, 0.4) is 0 Å². The van der Waals surface area contributed by atoms with Crippen LogP contribution in [-0.4, -0.2) is 49.7 Å². The van der Waals surface area contributed by atoms with Crippen LogP contribution < -0.4 is 16.8 Å². The summed E-state index contributed by atoms with van der Waals surface area (Å²) < 4.78 is 5.71. The van der Waals surface area contributed by atoms with Gasteiger partial charge in [0.2, 0.25) is 5.91 Å². The van der Waals surface area contributed by atoms with Crippen molar-refractivity contribution in [1.29, 1.82) is 0 Å². The SMILES string of the molecule is CCN1CCOC(CNc2cc(C(N)=O)ccc2N)C1. The lowest BCUT2D eigenvalue weighted by molar-refractivity contribution is -0.0191. The van der Waals surface area contributed by atoms with E-state index in [0.717, 1.165) is 31.9 Å². The van der Waals surface area contributed by atoms with Crippen LogP contribution in [-0.2, 0) is 4.74 Å². The number of nitrogens with one attached hydrogen (secondary N) is 1. The van der Waals surface area contributed by atoms with Crippen LogP contribution >= 0.6 is 0 Å². The Balaban J connectivity index is 1.96. The van der Waals surface area contributed by atoms with Gasteiger partial charge >= 0.3 is 0 Å². The Morgan fingerprint density at radius 2 is 2.35 bits per heavy atom. The van der Waals surface area contributed by atoms with E-state index in [1.807, 2.05) is 0 Å². The van der Waals surface area contributed by atoms with Crippen LogP contribution in [0.15, 0.2) is 18.2 Å². The Hall–Kier alpha value is -1.79. The number of nitrogen functional groups attached to an aromatic ring is 1.